The predicted molar refractivity (Wildman–Crippen MR) is 92.4 cm³/mol. The first-order valence-corrected chi connectivity index (χ1v) is 8.28. The van der Waals surface area contributed by atoms with Gasteiger partial charge >= 0.3 is 5.97 Å². The summed E-state index contributed by atoms with van der Waals surface area (Å²) in [6.45, 7) is 4.16. The standard InChI is InChI=1S/C18H17ClN2O3/c1-18(2)8-13(19)16-11-6-4-3-5-10(11)14-7-15(22)12(17(23)24)9-20(14)21(16)18/h3-7,9,13,16H,8H2,1-2H3,(H,23,24). The van der Waals surface area contributed by atoms with Crippen LogP contribution in [-0.4, -0.2) is 26.7 Å². The number of carbonyl (C=O) groups is 1. The minimum atomic E-state index is -1.22. The molecular weight excluding hydrogens is 328 g/mol. The maximum Gasteiger partial charge on any atom is 0.341 e. The summed E-state index contributed by atoms with van der Waals surface area (Å²) in [5, 5.41) is 11.3. The Labute approximate surface area is 144 Å². The van der Waals surface area contributed by atoms with Crippen molar-refractivity contribution in [2.24, 2.45) is 0 Å². The van der Waals surface area contributed by atoms with Gasteiger partial charge in [0.2, 0.25) is 0 Å². The largest absolute Gasteiger partial charge is 0.477 e. The van der Waals surface area contributed by atoms with E-state index in [-0.39, 0.29) is 22.5 Å². The quantitative estimate of drug-likeness (QED) is 0.808. The first-order valence-electron chi connectivity index (χ1n) is 7.84. The molecule has 1 fully saturated rings. The smallest absolute Gasteiger partial charge is 0.341 e. The van der Waals surface area contributed by atoms with E-state index in [0.29, 0.717) is 5.69 Å². The van der Waals surface area contributed by atoms with Crippen LogP contribution in [0.1, 0.15) is 42.2 Å². The summed E-state index contributed by atoms with van der Waals surface area (Å²) in [5.74, 6) is -1.22. The van der Waals surface area contributed by atoms with Crippen LogP contribution in [0.15, 0.2) is 41.3 Å². The fourth-order valence-electron chi connectivity index (χ4n) is 4.02. The number of carboxylic acids is 1. The number of nitrogens with zero attached hydrogens (tertiary/aromatic N) is 2. The number of aromatic nitrogens is 1. The Morgan fingerprint density at radius 1 is 1.33 bits per heavy atom. The van der Waals surface area contributed by atoms with Crippen molar-refractivity contribution in [2.75, 3.05) is 5.01 Å². The summed E-state index contributed by atoms with van der Waals surface area (Å²) in [6, 6.07) is 9.21. The van der Waals surface area contributed by atoms with Gasteiger partial charge in [0.1, 0.15) is 5.56 Å². The molecule has 1 aromatic heterocycles. The van der Waals surface area contributed by atoms with Gasteiger partial charge < -0.3 is 5.11 Å². The number of aromatic carboxylic acids is 1. The van der Waals surface area contributed by atoms with Gasteiger partial charge in [-0.05, 0) is 25.8 Å². The number of alkyl halides is 1. The number of pyridine rings is 1. The van der Waals surface area contributed by atoms with E-state index in [1.54, 1.807) is 4.68 Å². The molecule has 2 aliphatic heterocycles. The number of hydrogen-bond acceptors (Lipinski definition) is 3. The van der Waals surface area contributed by atoms with Crippen LogP contribution >= 0.6 is 11.6 Å². The maximum atomic E-state index is 12.2. The van der Waals surface area contributed by atoms with Gasteiger partial charge in [-0.1, -0.05) is 24.3 Å². The molecule has 5 nitrogen and oxygen atoms in total. The molecule has 0 amide bonds. The van der Waals surface area contributed by atoms with Gasteiger partial charge in [-0.15, -0.1) is 11.6 Å². The van der Waals surface area contributed by atoms with Crippen molar-refractivity contribution < 1.29 is 9.90 Å². The normalized spacial score (nSPS) is 23.4. The van der Waals surface area contributed by atoms with Crippen LogP contribution in [0.5, 0.6) is 0 Å². The second kappa shape index (κ2) is 4.86. The van der Waals surface area contributed by atoms with Gasteiger partial charge in [-0.25, -0.2) is 4.79 Å². The van der Waals surface area contributed by atoms with Crippen LogP contribution in [0, 0.1) is 0 Å². The summed E-state index contributed by atoms with van der Waals surface area (Å²) in [5.41, 5.74) is 1.73. The molecule has 0 saturated carbocycles. The molecule has 0 radical (unpaired) electrons. The zero-order valence-corrected chi connectivity index (χ0v) is 14.1. The Balaban J connectivity index is 2.08. The number of carboxylic acid groups (broad SMARTS) is 1. The lowest BCUT2D eigenvalue weighted by Crippen LogP contribution is -2.50. The van der Waals surface area contributed by atoms with Gasteiger partial charge in [-0.3, -0.25) is 14.5 Å². The van der Waals surface area contributed by atoms with Crippen molar-refractivity contribution >= 4 is 17.6 Å². The Kier molecular flexibility index (Phi) is 3.09. The molecular formula is C18H17ClN2O3. The van der Waals surface area contributed by atoms with Gasteiger partial charge in [0.15, 0.2) is 5.43 Å². The molecule has 0 bridgehead atoms. The zero-order chi connectivity index (χ0) is 17.2. The SMILES string of the molecule is CC1(C)CC(Cl)C2c3ccccc3-c3cc(=O)c(C(=O)O)cn3N21. The van der Waals surface area contributed by atoms with E-state index in [0.717, 1.165) is 17.5 Å². The second-order valence-corrected chi connectivity index (χ2v) is 7.56. The minimum Gasteiger partial charge on any atom is -0.477 e. The van der Waals surface area contributed by atoms with E-state index in [9.17, 15) is 14.7 Å². The van der Waals surface area contributed by atoms with Gasteiger partial charge in [-0.2, -0.15) is 0 Å². The molecule has 6 heteroatoms. The molecule has 124 valence electrons. The summed E-state index contributed by atoms with van der Waals surface area (Å²) in [6.07, 6.45) is 2.20. The number of hydrogen-bond donors (Lipinski definition) is 1. The van der Waals surface area contributed by atoms with E-state index in [4.69, 9.17) is 11.6 Å². The molecule has 2 aromatic rings. The van der Waals surface area contributed by atoms with Crippen molar-refractivity contribution in [1.82, 2.24) is 4.68 Å². The zero-order valence-electron chi connectivity index (χ0n) is 13.4. The molecule has 1 saturated heterocycles. The highest BCUT2D eigenvalue weighted by atomic mass is 35.5. The lowest BCUT2D eigenvalue weighted by Gasteiger charge is -2.44. The van der Waals surface area contributed by atoms with Crippen LogP contribution < -0.4 is 10.4 Å². The van der Waals surface area contributed by atoms with Crippen LogP contribution in [0.2, 0.25) is 0 Å². The van der Waals surface area contributed by atoms with Gasteiger partial charge in [0.05, 0.1) is 22.7 Å². The second-order valence-electron chi connectivity index (χ2n) is 7.00. The number of benzene rings is 1. The molecule has 4 rings (SSSR count). The van der Waals surface area contributed by atoms with E-state index in [1.807, 2.05) is 24.3 Å². The van der Waals surface area contributed by atoms with E-state index >= 15 is 0 Å². The summed E-state index contributed by atoms with van der Waals surface area (Å²) in [7, 11) is 0. The van der Waals surface area contributed by atoms with Crippen molar-refractivity contribution in [1.29, 1.82) is 0 Å². The van der Waals surface area contributed by atoms with Crippen molar-refractivity contribution in [3.63, 3.8) is 0 Å². The highest BCUT2D eigenvalue weighted by molar-refractivity contribution is 6.21. The average Bonchev–Trinajstić information content (AvgIpc) is 2.76. The third-order valence-electron chi connectivity index (χ3n) is 4.97. The summed E-state index contributed by atoms with van der Waals surface area (Å²) in [4.78, 5) is 23.6. The molecule has 1 aromatic carbocycles. The Bertz CT molecular complexity index is 919. The summed E-state index contributed by atoms with van der Waals surface area (Å²) >= 11 is 6.67. The van der Waals surface area contributed by atoms with Gasteiger partial charge in [0.25, 0.3) is 0 Å². The molecule has 2 unspecified atom stereocenters. The van der Waals surface area contributed by atoms with Crippen molar-refractivity contribution in [3.05, 3.63) is 57.9 Å². The molecule has 1 N–H and O–H groups in total. The number of rotatable bonds is 1. The third-order valence-corrected chi connectivity index (χ3v) is 5.36. The van der Waals surface area contributed by atoms with E-state index in [2.05, 4.69) is 18.9 Å². The Morgan fingerprint density at radius 3 is 2.75 bits per heavy atom. The lowest BCUT2D eigenvalue weighted by molar-refractivity contribution is 0.0694. The lowest BCUT2D eigenvalue weighted by atomic mass is 9.94. The molecule has 2 atom stereocenters. The Hall–Kier alpha value is -2.27. The molecule has 0 aliphatic carbocycles. The fourth-order valence-corrected chi connectivity index (χ4v) is 4.64. The third kappa shape index (κ3) is 1.94. The highest BCUT2D eigenvalue weighted by Gasteiger charge is 2.49. The van der Waals surface area contributed by atoms with Crippen LogP contribution in [0.3, 0.4) is 0 Å². The average molecular weight is 345 g/mol. The molecule has 24 heavy (non-hydrogen) atoms. The minimum absolute atomic E-state index is 0.0606. The van der Waals surface area contributed by atoms with E-state index < -0.39 is 11.4 Å². The highest BCUT2D eigenvalue weighted by Crippen LogP contribution is 2.49. The van der Waals surface area contributed by atoms with Crippen LogP contribution in [0.25, 0.3) is 11.3 Å². The van der Waals surface area contributed by atoms with Crippen LogP contribution in [-0.2, 0) is 0 Å². The number of fused-ring (bicyclic) bond motifs is 6. The summed E-state index contributed by atoms with van der Waals surface area (Å²) < 4.78 is 1.81. The predicted octanol–water partition coefficient (Wildman–Crippen LogP) is 3.00. The molecule has 2 aliphatic rings. The first kappa shape index (κ1) is 15.3. The maximum absolute atomic E-state index is 12.2. The fraction of sp³-hybridized carbons (Fsp3) is 0.333. The number of halogens is 1. The monoisotopic (exact) mass is 344 g/mol. The van der Waals surface area contributed by atoms with E-state index in [1.165, 1.54) is 12.3 Å². The Morgan fingerprint density at radius 2 is 2.04 bits per heavy atom. The molecule has 3 heterocycles. The van der Waals surface area contributed by atoms with Crippen LogP contribution in [0.4, 0.5) is 0 Å². The first-order chi connectivity index (χ1) is 11.3. The van der Waals surface area contributed by atoms with Crippen molar-refractivity contribution in [3.8, 4) is 11.3 Å². The molecule has 0 spiro atoms. The topological polar surface area (TPSA) is 62.5 Å². The van der Waals surface area contributed by atoms with Crippen molar-refractivity contribution in [2.45, 2.75) is 37.2 Å². The van der Waals surface area contributed by atoms with Gasteiger partial charge in [0, 0.05) is 17.8 Å².